The van der Waals surface area contributed by atoms with Crippen LogP contribution in [0.5, 0.6) is 0 Å². The monoisotopic (exact) mass is 174 g/mol. The van der Waals surface area contributed by atoms with Gasteiger partial charge >= 0.3 is 0 Å². The van der Waals surface area contributed by atoms with E-state index in [1.807, 2.05) is 0 Å². The second-order valence-corrected chi connectivity index (χ2v) is 4.08. The summed E-state index contributed by atoms with van der Waals surface area (Å²) in [5.41, 5.74) is 5.52. The molecule has 11 heavy (non-hydrogen) atoms. The molecule has 0 bridgehead atoms. The van der Waals surface area contributed by atoms with Crippen LogP contribution in [0.25, 0.3) is 0 Å². The van der Waals surface area contributed by atoms with Crippen molar-refractivity contribution in [3.63, 3.8) is 0 Å². The first kappa shape index (κ1) is 9.36. The largest absolute Gasteiger partial charge is 0.329 e. The van der Waals surface area contributed by atoms with Gasteiger partial charge in [0.25, 0.3) is 0 Å². The molecule has 1 aliphatic heterocycles. The molecule has 0 unspecified atom stereocenters. The molecule has 2 N–H and O–H groups in total. The molecular weight excluding hydrogens is 156 g/mol. The molecule has 0 radical (unpaired) electrons. The van der Waals surface area contributed by atoms with Gasteiger partial charge < -0.3 is 5.73 Å². The molecule has 0 spiro atoms. The molecule has 0 aromatic carbocycles. The summed E-state index contributed by atoms with van der Waals surface area (Å²) in [4.78, 5) is 2.50. The van der Waals surface area contributed by atoms with Gasteiger partial charge in [-0.05, 0) is 18.7 Å². The summed E-state index contributed by atoms with van der Waals surface area (Å²) in [5, 5.41) is 0. The SMILES string of the molecule is CCN(CCN)[C@@H]1CCSC1. The van der Waals surface area contributed by atoms with E-state index in [2.05, 4.69) is 23.6 Å². The lowest BCUT2D eigenvalue weighted by Crippen LogP contribution is -2.38. The molecule has 1 atom stereocenters. The lowest BCUT2D eigenvalue weighted by Gasteiger charge is -2.25. The molecule has 66 valence electrons. The zero-order valence-electron chi connectivity index (χ0n) is 7.25. The Balaban J connectivity index is 2.27. The van der Waals surface area contributed by atoms with Crippen LogP contribution in [-0.4, -0.2) is 42.1 Å². The summed E-state index contributed by atoms with van der Waals surface area (Å²) in [5.74, 6) is 2.65. The van der Waals surface area contributed by atoms with Crippen LogP contribution >= 0.6 is 11.8 Å². The van der Waals surface area contributed by atoms with Gasteiger partial charge in [-0.3, -0.25) is 4.90 Å². The van der Waals surface area contributed by atoms with Crippen LogP contribution in [0.2, 0.25) is 0 Å². The van der Waals surface area contributed by atoms with Crippen LogP contribution in [0.15, 0.2) is 0 Å². The van der Waals surface area contributed by atoms with Crippen LogP contribution in [0.3, 0.4) is 0 Å². The van der Waals surface area contributed by atoms with E-state index in [-0.39, 0.29) is 0 Å². The van der Waals surface area contributed by atoms with Crippen LogP contribution in [-0.2, 0) is 0 Å². The zero-order valence-corrected chi connectivity index (χ0v) is 8.07. The second-order valence-electron chi connectivity index (χ2n) is 2.93. The zero-order chi connectivity index (χ0) is 8.10. The van der Waals surface area contributed by atoms with Gasteiger partial charge in [-0.25, -0.2) is 0 Å². The Labute approximate surface area is 73.5 Å². The number of likely N-dealkylation sites (N-methyl/N-ethyl adjacent to an activating group) is 1. The summed E-state index contributed by atoms with van der Waals surface area (Å²) < 4.78 is 0. The van der Waals surface area contributed by atoms with Gasteiger partial charge in [0.2, 0.25) is 0 Å². The Morgan fingerprint density at radius 3 is 2.91 bits per heavy atom. The number of nitrogens with zero attached hydrogens (tertiary/aromatic N) is 1. The highest BCUT2D eigenvalue weighted by atomic mass is 32.2. The van der Waals surface area contributed by atoms with Gasteiger partial charge in [-0.15, -0.1) is 0 Å². The first-order chi connectivity index (χ1) is 5.38. The van der Waals surface area contributed by atoms with E-state index in [0.717, 1.165) is 25.7 Å². The first-order valence-corrected chi connectivity index (χ1v) is 5.55. The molecule has 0 aromatic rings. The predicted molar refractivity (Wildman–Crippen MR) is 52.0 cm³/mol. The number of thioether (sulfide) groups is 1. The minimum absolute atomic E-state index is 0.801. The minimum atomic E-state index is 0.801. The minimum Gasteiger partial charge on any atom is -0.329 e. The smallest absolute Gasteiger partial charge is 0.0194 e. The Morgan fingerprint density at radius 1 is 1.64 bits per heavy atom. The topological polar surface area (TPSA) is 29.3 Å². The van der Waals surface area contributed by atoms with E-state index >= 15 is 0 Å². The first-order valence-electron chi connectivity index (χ1n) is 4.40. The Hall–Kier alpha value is 0.270. The molecule has 2 nitrogen and oxygen atoms in total. The number of hydrogen-bond acceptors (Lipinski definition) is 3. The summed E-state index contributed by atoms with van der Waals surface area (Å²) >= 11 is 2.07. The predicted octanol–water partition coefficient (Wildman–Crippen LogP) is 0.773. The summed E-state index contributed by atoms with van der Waals surface area (Å²) in [6, 6.07) is 0.813. The summed E-state index contributed by atoms with van der Waals surface area (Å²) in [7, 11) is 0. The van der Waals surface area contributed by atoms with Crippen molar-refractivity contribution in [3.05, 3.63) is 0 Å². The molecule has 0 saturated carbocycles. The van der Waals surface area contributed by atoms with Gasteiger partial charge in [0, 0.05) is 24.9 Å². The van der Waals surface area contributed by atoms with Gasteiger partial charge in [0.05, 0.1) is 0 Å². The van der Waals surface area contributed by atoms with Crippen molar-refractivity contribution in [2.45, 2.75) is 19.4 Å². The van der Waals surface area contributed by atoms with Crippen molar-refractivity contribution >= 4 is 11.8 Å². The fourth-order valence-electron chi connectivity index (χ4n) is 1.57. The standard InChI is InChI=1S/C8H18N2S/c1-2-10(5-4-9)8-3-6-11-7-8/h8H,2-7,9H2,1H3/t8-/m1/s1. The lowest BCUT2D eigenvalue weighted by molar-refractivity contribution is 0.230. The van der Waals surface area contributed by atoms with Crippen molar-refractivity contribution in [1.82, 2.24) is 4.90 Å². The molecule has 1 heterocycles. The van der Waals surface area contributed by atoms with E-state index in [9.17, 15) is 0 Å². The van der Waals surface area contributed by atoms with Crippen LogP contribution in [0, 0.1) is 0 Å². The number of rotatable bonds is 4. The third-order valence-electron chi connectivity index (χ3n) is 2.24. The molecule has 1 aliphatic rings. The fraction of sp³-hybridized carbons (Fsp3) is 1.00. The average molecular weight is 174 g/mol. The highest BCUT2D eigenvalue weighted by Crippen LogP contribution is 2.21. The molecule has 1 fully saturated rings. The van der Waals surface area contributed by atoms with Gasteiger partial charge in [-0.1, -0.05) is 6.92 Å². The molecule has 0 aromatic heterocycles. The molecule has 1 saturated heterocycles. The number of nitrogens with two attached hydrogens (primary N) is 1. The number of hydrogen-bond donors (Lipinski definition) is 1. The van der Waals surface area contributed by atoms with E-state index in [1.54, 1.807) is 0 Å². The lowest BCUT2D eigenvalue weighted by atomic mass is 10.2. The van der Waals surface area contributed by atoms with E-state index in [4.69, 9.17) is 5.73 Å². The second kappa shape index (κ2) is 5.01. The molecule has 3 heteroatoms. The molecule has 0 amide bonds. The fourth-order valence-corrected chi connectivity index (χ4v) is 2.83. The highest BCUT2D eigenvalue weighted by molar-refractivity contribution is 7.99. The average Bonchev–Trinajstić information content (AvgIpc) is 2.52. The van der Waals surface area contributed by atoms with Crippen LogP contribution in [0.1, 0.15) is 13.3 Å². The van der Waals surface area contributed by atoms with Crippen LogP contribution < -0.4 is 5.73 Å². The van der Waals surface area contributed by atoms with E-state index < -0.39 is 0 Å². The third kappa shape index (κ3) is 2.65. The van der Waals surface area contributed by atoms with Crippen molar-refractivity contribution in [3.8, 4) is 0 Å². The van der Waals surface area contributed by atoms with Crippen molar-refractivity contribution in [2.75, 3.05) is 31.1 Å². The van der Waals surface area contributed by atoms with Crippen molar-refractivity contribution in [1.29, 1.82) is 0 Å². The Kier molecular flexibility index (Phi) is 4.26. The maximum Gasteiger partial charge on any atom is 0.0194 e. The molecule has 0 aliphatic carbocycles. The quantitative estimate of drug-likeness (QED) is 0.683. The van der Waals surface area contributed by atoms with E-state index in [0.29, 0.717) is 0 Å². The Bertz CT molecular complexity index is 102. The molecule has 1 rings (SSSR count). The summed E-state index contributed by atoms with van der Waals surface area (Å²) in [6.07, 6.45) is 1.36. The van der Waals surface area contributed by atoms with Crippen LogP contribution in [0.4, 0.5) is 0 Å². The van der Waals surface area contributed by atoms with E-state index in [1.165, 1.54) is 17.9 Å². The van der Waals surface area contributed by atoms with Gasteiger partial charge in [0.1, 0.15) is 0 Å². The Morgan fingerprint density at radius 2 is 2.45 bits per heavy atom. The highest BCUT2D eigenvalue weighted by Gasteiger charge is 2.20. The third-order valence-corrected chi connectivity index (χ3v) is 3.39. The maximum atomic E-state index is 5.52. The summed E-state index contributed by atoms with van der Waals surface area (Å²) in [6.45, 7) is 5.25. The maximum absolute atomic E-state index is 5.52. The van der Waals surface area contributed by atoms with Crippen molar-refractivity contribution < 1.29 is 0 Å². The van der Waals surface area contributed by atoms with Crippen molar-refractivity contribution in [2.24, 2.45) is 5.73 Å². The van der Waals surface area contributed by atoms with Gasteiger partial charge in [-0.2, -0.15) is 11.8 Å². The van der Waals surface area contributed by atoms with Gasteiger partial charge in [0.15, 0.2) is 0 Å². The molecular formula is C8H18N2S. The normalized spacial score (nSPS) is 24.8.